The van der Waals surface area contributed by atoms with Crippen molar-refractivity contribution in [2.75, 3.05) is 0 Å². The van der Waals surface area contributed by atoms with Crippen LogP contribution in [0.1, 0.15) is 32.1 Å². The molecule has 0 saturated heterocycles. The zero-order chi connectivity index (χ0) is 9.90. The predicted molar refractivity (Wildman–Crippen MR) is 63.9 cm³/mol. The highest BCUT2D eigenvalue weighted by atomic mass is 13.9. The van der Waals surface area contributed by atoms with Crippen molar-refractivity contribution < 1.29 is 0 Å². The topological polar surface area (TPSA) is 0 Å². The molecule has 0 spiro atoms. The fraction of sp³-hybridized carbons (Fsp3) is 0.357. The molecule has 0 unspecified atom stereocenters. The van der Waals surface area contributed by atoms with E-state index in [0.717, 1.165) is 12.8 Å². The van der Waals surface area contributed by atoms with E-state index in [1.807, 2.05) is 0 Å². The summed E-state index contributed by atoms with van der Waals surface area (Å²) in [6, 6.07) is 0. The average molecular weight is 187 g/mol. The highest BCUT2D eigenvalue weighted by Gasteiger charge is 1.83. The Morgan fingerprint density at radius 2 is 1.14 bits per heavy atom. The summed E-state index contributed by atoms with van der Waals surface area (Å²) in [6.45, 7) is 0. The normalized spacial score (nSPS) is 28.6. The van der Waals surface area contributed by atoms with Gasteiger partial charge < -0.3 is 0 Å². The molecule has 0 amide bonds. The Balaban J connectivity index is 2.35. The number of hydrogen-bond donors (Lipinski definition) is 0. The molecule has 1 radical (unpaired) electrons. The van der Waals surface area contributed by atoms with E-state index < -0.39 is 0 Å². The van der Waals surface area contributed by atoms with Gasteiger partial charge in [0.25, 0.3) is 0 Å². The third kappa shape index (κ3) is 6.47. The van der Waals surface area contributed by atoms with Crippen molar-refractivity contribution in [1.82, 2.24) is 0 Å². The maximum absolute atomic E-state index is 2.26. The second-order valence-electron chi connectivity index (χ2n) is 3.41. The maximum Gasteiger partial charge on any atom is -0.0167 e. The first kappa shape index (κ1) is 11.0. The van der Waals surface area contributed by atoms with Crippen molar-refractivity contribution in [1.29, 1.82) is 0 Å². The standard InChI is InChI=1S/C14H19/c1-2-4-6-8-10-12-14-13-11-9-7-5-3-1/h1-6,11,13-14H,7-10,12H2/b2-1+,5-3-,6-4-,14-13+. The molecule has 0 nitrogen and oxygen atoms in total. The van der Waals surface area contributed by atoms with Crippen molar-refractivity contribution in [3.05, 3.63) is 55.0 Å². The molecule has 0 aromatic carbocycles. The van der Waals surface area contributed by atoms with E-state index in [9.17, 15) is 0 Å². The molecule has 1 aliphatic rings. The first-order chi connectivity index (χ1) is 7.00. The lowest BCUT2D eigenvalue weighted by molar-refractivity contribution is 0.865. The third-order valence-electron chi connectivity index (χ3n) is 2.12. The molecule has 0 aromatic rings. The minimum Gasteiger partial charge on any atom is -0.0882 e. The van der Waals surface area contributed by atoms with Gasteiger partial charge in [0.05, 0.1) is 0 Å². The summed E-state index contributed by atoms with van der Waals surface area (Å²) in [4.78, 5) is 0. The van der Waals surface area contributed by atoms with Gasteiger partial charge in [0.15, 0.2) is 0 Å². The summed E-state index contributed by atoms with van der Waals surface area (Å²) in [7, 11) is 0. The Kier molecular flexibility index (Phi) is 6.74. The SMILES string of the molecule is [CH]1/C=C/CCC\C=C/C=C/C=C\CC1. The molecule has 0 heterocycles. The fourth-order valence-electron chi connectivity index (χ4n) is 1.31. The second-order valence-corrected chi connectivity index (χ2v) is 3.41. The van der Waals surface area contributed by atoms with E-state index in [2.05, 4.69) is 55.0 Å². The molecule has 75 valence electrons. The molecular formula is C14H19. The molecule has 0 fully saturated rings. The summed E-state index contributed by atoms with van der Waals surface area (Å²) >= 11 is 0. The van der Waals surface area contributed by atoms with E-state index in [1.54, 1.807) is 0 Å². The summed E-state index contributed by atoms with van der Waals surface area (Å²) < 4.78 is 0. The van der Waals surface area contributed by atoms with Gasteiger partial charge >= 0.3 is 0 Å². The van der Waals surface area contributed by atoms with Gasteiger partial charge in [-0.3, -0.25) is 0 Å². The van der Waals surface area contributed by atoms with Crippen LogP contribution in [0.5, 0.6) is 0 Å². The van der Waals surface area contributed by atoms with Gasteiger partial charge in [-0.15, -0.1) is 0 Å². The molecule has 0 aromatic heterocycles. The molecule has 0 saturated carbocycles. The van der Waals surface area contributed by atoms with Crippen molar-refractivity contribution in [3.8, 4) is 0 Å². The minimum absolute atomic E-state index is 1.14. The van der Waals surface area contributed by atoms with Gasteiger partial charge in [0.2, 0.25) is 0 Å². The van der Waals surface area contributed by atoms with Crippen LogP contribution < -0.4 is 0 Å². The van der Waals surface area contributed by atoms with Crippen LogP contribution in [0.2, 0.25) is 0 Å². The van der Waals surface area contributed by atoms with Gasteiger partial charge in [-0.1, -0.05) is 48.6 Å². The van der Waals surface area contributed by atoms with Crippen LogP contribution in [0, 0.1) is 6.42 Å². The lowest BCUT2D eigenvalue weighted by Gasteiger charge is -1.92. The summed E-state index contributed by atoms with van der Waals surface area (Å²) in [5.41, 5.74) is 0. The number of allylic oxidation sites excluding steroid dienone is 8. The quantitative estimate of drug-likeness (QED) is 0.528. The van der Waals surface area contributed by atoms with Crippen LogP contribution in [-0.4, -0.2) is 0 Å². The molecule has 1 aliphatic carbocycles. The monoisotopic (exact) mass is 187 g/mol. The average Bonchev–Trinajstić information content (AvgIpc) is 2.22. The van der Waals surface area contributed by atoms with Gasteiger partial charge in [-0.05, 0) is 38.5 Å². The third-order valence-corrected chi connectivity index (χ3v) is 2.12. The van der Waals surface area contributed by atoms with Crippen molar-refractivity contribution in [2.45, 2.75) is 32.1 Å². The fourth-order valence-corrected chi connectivity index (χ4v) is 1.31. The van der Waals surface area contributed by atoms with Crippen LogP contribution in [0.25, 0.3) is 0 Å². The zero-order valence-corrected chi connectivity index (χ0v) is 8.73. The molecule has 0 heteroatoms. The minimum atomic E-state index is 1.14. The Bertz CT molecular complexity index is 204. The molecule has 0 bridgehead atoms. The largest absolute Gasteiger partial charge is 0.0882 e. The summed E-state index contributed by atoms with van der Waals surface area (Å²) in [6.07, 6.45) is 25.5. The maximum atomic E-state index is 2.26. The van der Waals surface area contributed by atoms with Crippen LogP contribution in [-0.2, 0) is 0 Å². The van der Waals surface area contributed by atoms with E-state index in [0.29, 0.717) is 0 Å². The van der Waals surface area contributed by atoms with Gasteiger partial charge in [0.1, 0.15) is 0 Å². The number of rotatable bonds is 0. The van der Waals surface area contributed by atoms with Crippen molar-refractivity contribution >= 4 is 0 Å². The van der Waals surface area contributed by atoms with Crippen LogP contribution in [0.15, 0.2) is 48.6 Å². The molecule has 14 heavy (non-hydrogen) atoms. The molecule has 0 atom stereocenters. The summed E-state index contributed by atoms with van der Waals surface area (Å²) in [5.74, 6) is 0. The molecule has 0 N–H and O–H groups in total. The number of hydrogen-bond acceptors (Lipinski definition) is 0. The first-order valence-electron chi connectivity index (χ1n) is 5.47. The van der Waals surface area contributed by atoms with Crippen LogP contribution in [0.3, 0.4) is 0 Å². The Labute approximate surface area is 87.7 Å². The van der Waals surface area contributed by atoms with E-state index in [1.165, 1.54) is 19.3 Å². The van der Waals surface area contributed by atoms with Crippen LogP contribution >= 0.6 is 0 Å². The Hall–Kier alpha value is -1.04. The zero-order valence-electron chi connectivity index (χ0n) is 8.73. The van der Waals surface area contributed by atoms with E-state index >= 15 is 0 Å². The van der Waals surface area contributed by atoms with E-state index in [-0.39, 0.29) is 0 Å². The van der Waals surface area contributed by atoms with Crippen LogP contribution in [0.4, 0.5) is 0 Å². The summed E-state index contributed by atoms with van der Waals surface area (Å²) in [5, 5.41) is 0. The van der Waals surface area contributed by atoms with Crippen molar-refractivity contribution in [2.24, 2.45) is 0 Å². The van der Waals surface area contributed by atoms with Crippen molar-refractivity contribution in [3.63, 3.8) is 0 Å². The smallest absolute Gasteiger partial charge is 0.0167 e. The Morgan fingerprint density at radius 1 is 0.500 bits per heavy atom. The van der Waals surface area contributed by atoms with E-state index in [4.69, 9.17) is 0 Å². The molecule has 1 rings (SSSR count). The lowest BCUT2D eigenvalue weighted by atomic mass is 10.1. The molecular weight excluding hydrogens is 168 g/mol. The Morgan fingerprint density at radius 3 is 1.93 bits per heavy atom. The lowest BCUT2D eigenvalue weighted by Crippen LogP contribution is -1.73. The first-order valence-corrected chi connectivity index (χ1v) is 5.47. The van der Waals surface area contributed by atoms with Gasteiger partial charge in [-0.2, -0.15) is 0 Å². The van der Waals surface area contributed by atoms with Gasteiger partial charge in [-0.25, -0.2) is 0 Å². The highest BCUT2D eigenvalue weighted by Crippen LogP contribution is 2.02. The molecule has 0 aliphatic heterocycles. The highest BCUT2D eigenvalue weighted by molar-refractivity contribution is 5.11. The van der Waals surface area contributed by atoms with Gasteiger partial charge in [0, 0.05) is 0 Å². The second kappa shape index (κ2) is 8.55. The predicted octanol–water partition coefficient (Wildman–Crippen LogP) is 4.38.